The molecule has 0 atom stereocenters. The Morgan fingerprint density at radius 1 is 1.12 bits per heavy atom. The molecule has 4 heteroatoms. The Hall–Kier alpha value is -0.860. The summed E-state index contributed by atoms with van der Waals surface area (Å²) < 4.78 is 13.3. The third kappa shape index (κ3) is 2.38. The molecule has 0 fully saturated rings. The summed E-state index contributed by atoms with van der Waals surface area (Å²) in [6, 6.07) is 4.79. The molecule has 0 spiro atoms. The molecule has 0 aliphatic rings. The van der Waals surface area contributed by atoms with Crippen LogP contribution in [0.2, 0.25) is 10.2 Å². The van der Waals surface area contributed by atoms with Crippen molar-refractivity contribution in [3.8, 4) is 0 Å². The van der Waals surface area contributed by atoms with Gasteiger partial charge in [-0.05, 0) is 23.1 Å². The zero-order valence-corrected chi connectivity index (χ0v) is 11.3. The van der Waals surface area contributed by atoms with Crippen LogP contribution in [0.25, 0.3) is 10.9 Å². The zero-order valence-electron chi connectivity index (χ0n) is 9.81. The number of halogens is 3. The van der Waals surface area contributed by atoms with Crippen LogP contribution in [0, 0.1) is 5.82 Å². The Kier molecular flexibility index (Phi) is 3.04. The van der Waals surface area contributed by atoms with Gasteiger partial charge in [0.05, 0.1) is 10.5 Å². The normalized spacial score (nSPS) is 12.1. The highest BCUT2D eigenvalue weighted by molar-refractivity contribution is 6.32. The maximum absolute atomic E-state index is 13.3. The van der Waals surface area contributed by atoms with E-state index in [4.69, 9.17) is 23.2 Å². The third-order valence-corrected chi connectivity index (χ3v) is 3.20. The third-order valence-electron chi connectivity index (χ3n) is 2.62. The highest BCUT2D eigenvalue weighted by Crippen LogP contribution is 2.32. The molecule has 1 aromatic carbocycles. The fourth-order valence-electron chi connectivity index (χ4n) is 1.67. The van der Waals surface area contributed by atoms with Crippen LogP contribution in [0.3, 0.4) is 0 Å². The number of hydrogen-bond acceptors (Lipinski definition) is 1. The highest BCUT2D eigenvalue weighted by Gasteiger charge is 2.19. The molecule has 0 unspecified atom stereocenters. The van der Waals surface area contributed by atoms with Crippen LogP contribution >= 0.6 is 23.2 Å². The largest absolute Gasteiger partial charge is 0.236 e. The van der Waals surface area contributed by atoms with Gasteiger partial charge in [0.25, 0.3) is 0 Å². The maximum Gasteiger partial charge on any atom is 0.143 e. The number of benzene rings is 1. The fraction of sp³-hybridized carbons (Fsp3) is 0.308. The average molecular weight is 272 g/mol. The van der Waals surface area contributed by atoms with Gasteiger partial charge in [0.2, 0.25) is 0 Å². The van der Waals surface area contributed by atoms with Gasteiger partial charge in [0.1, 0.15) is 11.0 Å². The Bertz CT molecular complexity index is 588. The first-order valence-corrected chi connectivity index (χ1v) is 6.00. The van der Waals surface area contributed by atoms with Gasteiger partial charge in [-0.25, -0.2) is 9.37 Å². The summed E-state index contributed by atoms with van der Waals surface area (Å²) in [6.07, 6.45) is 0. The number of fused-ring (bicyclic) bond motifs is 1. The molecule has 0 amide bonds. The van der Waals surface area contributed by atoms with E-state index in [9.17, 15) is 4.39 Å². The molecular weight excluding hydrogens is 260 g/mol. The second kappa shape index (κ2) is 4.11. The van der Waals surface area contributed by atoms with Crippen molar-refractivity contribution in [1.29, 1.82) is 0 Å². The molecule has 2 aromatic rings. The molecule has 90 valence electrons. The zero-order chi connectivity index (χ0) is 12.8. The second-order valence-electron chi connectivity index (χ2n) is 5.04. The summed E-state index contributed by atoms with van der Waals surface area (Å²) in [7, 11) is 0. The van der Waals surface area contributed by atoms with E-state index in [1.165, 1.54) is 6.07 Å². The summed E-state index contributed by atoms with van der Waals surface area (Å²) in [6.45, 7) is 6.15. The van der Waals surface area contributed by atoms with E-state index in [2.05, 4.69) is 4.98 Å². The van der Waals surface area contributed by atoms with Crippen LogP contribution in [0.5, 0.6) is 0 Å². The van der Waals surface area contributed by atoms with Crippen LogP contribution < -0.4 is 0 Å². The number of hydrogen-bond donors (Lipinski definition) is 0. The van der Waals surface area contributed by atoms with Gasteiger partial charge in [-0.2, -0.15) is 0 Å². The van der Waals surface area contributed by atoms with Gasteiger partial charge in [0, 0.05) is 11.5 Å². The molecule has 0 saturated carbocycles. The van der Waals surface area contributed by atoms with Gasteiger partial charge < -0.3 is 0 Å². The van der Waals surface area contributed by atoms with Gasteiger partial charge >= 0.3 is 0 Å². The van der Waals surface area contributed by atoms with Crippen LogP contribution in [0.4, 0.5) is 4.39 Å². The first kappa shape index (κ1) is 12.6. The van der Waals surface area contributed by atoms with E-state index in [-0.39, 0.29) is 10.4 Å². The summed E-state index contributed by atoms with van der Waals surface area (Å²) >= 11 is 11.9. The Morgan fingerprint density at radius 2 is 1.76 bits per heavy atom. The molecule has 1 heterocycles. The van der Waals surface area contributed by atoms with E-state index in [0.29, 0.717) is 10.7 Å². The lowest BCUT2D eigenvalue weighted by Gasteiger charge is -2.20. The SMILES string of the molecule is CC(C)(C)c1cc2cc(Cl)c(F)cc2nc1Cl. The average Bonchev–Trinajstić information content (AvgIpc) is 2.18. The van der Waals surface area contributed by atoms with Crippen LogP contribution in [0.1, 0.15) is 26.3 Å². The van der Waals surface area contributed by atoms with Crippen molar-refractivity contribution >= 4 is 34.1 Å². The number of pyridine rings is 1. The first-order valence-electron chi connectivity index (χ1n) is 5.25. The van der Waals surface area contributed by atoms with Crippen molar-refractivity contribution in [3.63, 3.8) is 0 Å². The minimum absolute atomic E-state index is 0.0986. The van der Waals surface area contributed by atoms with E-state index >= 15 is 0 Å². The lowest BCUT2D eigenvalue weighted by atomic mass is 9.87. The van der Waals surface area contributed by atoms with Gasteiger partial charge in [-0.15, -0.1) is 0 Å². The number of nitrogens with zero attached hydrogens (tertiary/aromatic N) is 1. The molecule has 0 saturated heterocycles. The van der Waals surface area contributed by atoms with Crippen molar-refractivity contribution in [2.24, 2.45) is 0 Å². The molecule has 0 N–H and O–H groups in total. The monoisotopic (exact) mass is 271 g/mol. The van der Waals surface area contributed by atoms with Crippen molar-refractivity contribution in [2.45, 2.75) is 26.2 Å². The smallest absolute Gasteiger partial charge is 0.143 e. The Morgan fingerprint density at radius 3 is 2.35 bits per heavy atom. The van der Waals surface area contributed by atoms with Crippen LogP contribution in [0.15, 0.2) is 18.2 Å². The van der Waals surface area contributed by atoms with E-state index in [1.54, 1.807) is 6.07 Å². The quantitative estimate of drug-likeness (QED) is 0.616. The van der Waals surface area contributed by atoms with Crippen molar-refractivity contribution in [2.75, 3.05) is 0 Å². The molecule has 1 nitrogen and oxygen atoms in total. The van der Waals surface area contributed by atoms with Crippen molar-refractivity contribution < 1.29 is 4.39 Å². The molecule has 2 rings (SSSR count). The maximum atomic E-state index is 13.3. The summed E-state index contributed by atoms with van der Waals surface area (Å²) in [4.78, 5) is 4.21. The van der Waals surface area contributed by atoms with Gasteiger partial charge in [0.15, 0.2) is 0 Å². The van der Waals surface area contributed by atoms with E-state index in [0.717, 1.165) is 10.9 Å². The minimum Gasteiger partial charge on any atom is -0.236 e. The predicted molar refractivity (Wildman–Crippen MR) is 70.4 cm³/mol. The topological polar surface area (TPSA) is 12.9 Å². The summed E-state index contributed by atoms with van der Waals surface area (Å²) in [5.74, 6) is -0.480. The Balaban J connectivity index is 2.76. The number of aromatic nitrogens is 1. The van der Waals surface area contributed by atoms with Crippen LogP contribution in [-0.4, -0.2) is 4.98 Å². The van der Waals surface area contributed by atoms with Gasteiger partial charge in [-0.1, -0.05) is 44.0 Å². The lowest BCUT2D eigenvalue weighted by molar-refractivity contribution is 0.589. The molecule has 0 radical (unpaired) electrons. The summed E-state index contributed by atoms with van der Waals surface area (Å²) in [5, 5.41) is 1.30. The second-order valence-corrected chi connectivity index (χ2v) is 5.80. The molecular formula is C13H12Cl2FN. The van der Waals surface area contributed by atoms with Crippen LogP contribution in [-0.2, 0) is 5.41 Å². The molecule has 1 aromatic heterocycles. The first-order chi connectivity index (χ1) is 7.79. The molecule has 0 bridgehead atoms. The van der Waals surface area contributed by atoms with Crippen molar-refractivity contribution in [3.05, 3.63) is 39.8 Å². The van der Waals surface area contributed by atoms with Crippen molar-refractivity contribution in [1.82, 2.24) is 4.98 Å². The Labute approximate surface area is 110 Å². The fourth-order valence-corrected chi connectivity index (χ4v) is 2.27. The lowest BCUT2D eigenvalue weighted by Crippen LogP contribution is -2.12. The minimum atomic E-state index is -0.480. The van der Waals surface area contributed by atoms with E-state index < -0.39 is 5.82 Å². The molecule has 0 aliphatic carbocycles. The number of rotatable bonds is 0. The highest BCUT2D eigenvalue weighted by atomic mass is 35.5. The molecule has 0 aliphatic heterocycles. The van der Waals surface area contributed by atoms with Gasteiger partial charge in [-0.3, -0.25) is 0 Å². The predicted octanol–water partition coefficient (Wildman–Crippen LogP) is 4.98. The molecule has 17 heavy (non-hydrogen) atoms. The van der Waals surface area contributed by atoms with E-state index in [1.807, 2.05) is 26.8 Å². The standard InChI is InChI=1S/C13H12Cl2FN/c1-13(2,3)8-4-7-5-9(14)10(16)6-11(7)17-12(8)15/h4-6H,1-3H3. The summed E-state index contributed by atoms with van der Waals surface area (Å²) in [5.41, 5.74) is 1.33.